The Morgan fingerprint density at radius 2 is 2.42 bits per heavy atom. The highest BCUT2D eigenvalue weighted by molar-refractivity contribution is 8.02. The highest BCUT2D eigenvalue weighted by atomic mass is 32.2. The summed E-state index contributed by atoms with van der Waals surface area (Å²) < 4.78 is -0.165. The number of hydrazine groups is 3. The summed E-state index contributed by atoms with van der Waals surface area (Å²) in [4.78, 5) is 0. The zero-order valence-corrected chi connectivity index (χ0v) is 7.64. The molecule has 2 fully saturated rings. The lowest BCUT2D eigenvalue weighted by molar-refractivity contribution is 0.282. The average Bonchev–Trinajstić information content (AvgIpc) is 2.43. The predicted octanol–water partition coefficient (Wildman–Crippen LogP) is -0.587. The molecule has 0 saturated carbocycles. The lowest BCUT2D eigenvalue weighted by Gasteiger charge is -2.18. The lowest BCUT2D eigenvalue weighted by atomic mass is 10.2. The molecule has 0 amide bonds. The van der Waals surface area contributed by atoms with Gasteiger partial charge in [0.05, 0.1) is 4.75 Å². The fourth-order valence-electron chi connectivity index (χ4n) is 1.31. The summed E-state index contributed by atoms with van der Waals surface area (Å²) >= 11 is 1.67. The summed E-state index contributed by atoms with van der Waals surface area (Å²) in [5.74, 6) is 0.620. The van der Waals surface area contributed by atoms with E-state index >= 15 is 0 Å². The Morgan fingerprint density at radius 3 is 3.08 bits per heavy atom. The molecule has 7 heteroatoms. The molecular formula is C5H11N5OS. The second-order valence-electron chi connectivity index (χ2n) is 3.16. The smallest absolute Gasteiger partial charge is 0.177 e. The third-order valence-corrected chi connectivity index (χ3v) is 3.20. The summed E-state index contributed by atoms with van der Waals surface area (Å²) in [5, 5.41) is 13.8. The van der Waals surface area contributed by atoms with Gasteiger partial charge in [0.2, 0.25) is 0 Å². The minimum absolute atomic E-state index is 0.0888. The number of nitrogens with zero attached hydrogens (tertiary/aromatic N) is 2. The van der Waals surface area contributed by atoms with Crippen molar-refractivity contribution in [2.75, 3.05) is 0 Å². The number of oxime groups is 1. The second-order valence-corrected chi connectivity index (χ2v) is 4.86. The first-order chi connectivity index (χ1) is 5.65. The molecule has 2 saturated heterocycles. The summed E-state index contributed by atoms with van der Waals surface area (Å²) in [6, 6.07) is 0. The van der Waals surface area contributed by atoms with Crippen LogP contribution in [0.5, 0.6) is 0 Å². The molecule has 12 heavy (non-hydrogen) atoms. The molecule has 6 nitrogen and oxygen atoms in total. The third-order valence-electron chi connectivity index (χ3n) is 1.87. The van der Waals surface area contributed by atoms with E-state index in [1.54, 1.807) is 16.8 Å². The predicted molar refractivity (Wildman–Crippen MR) is 45.9 cm³/mol. The van der Waals surface area contributed by atoms with E-state index in [0.717, 1.165) is 0 Å². The highest BCUT2D eigenvalue weighted by Gasteiger charge is 2.47. The maximum atomic E-state index is 8.79. The van der Waals surface area contributed by atoms with Crippen LogP contribution in [0.3, 0.4) is 0 Å². The molecule has 2 aliphatic rings. The van der Waals surface area contributed by atoms with Gasteiger partial charge in [0.25, 0.3) is 0 Å². The van der Waals surface area contributed by atoms with Crippen molar-refractivity contribution in [3.8, 4) is 0 Å². The molecule has 1 atom stereocenters. The summed E-state index contributed by atoms with van der Waals surface area (Å²) in [7, 11) is 0. The van der Waals surface area contributed by atoms with Gasteiger partial charge in [0.1, 0.15) is 0 Å². The molecule has 0 spiro atoms. The van der Waals surface area contributed by atoms with Crippen molar-refractivity contribution in [1.82, 2.24) is 21.5 Å². The van der Waals surface area contributed by atoms with Crippen LogP contribution in [0.15, 0.2) is 5.16 Å². The topological polar surface area (TPSA) is 71.9 Å². The number of thioether (sulfide) groups is 1. The maximum absolute atomic E-state index is 8.79. The molecule has 0 aromatic heterocycles. The van der Waals surface area contributed by atoms with Crippen molar-refractivity contribution in [2.24, 2.45) is 5.16 Å². The van der Waals surface area contributed by atoms with Crippen molar-refractivity contribution < 1.29 is 5.21 Å². The zero-order chi connectivity index (χ0) is 8.77. The van der Waals surface area contributed by atoms with Crippen LogP contribution in [0.1, 0.15) is 13.8 Å². The average molecular weight is 189 g/mol. The number of amidine groups is 1. The van der Waals surface area contributed by atoms with E-state index < -0.39 is 0 Å². The van der Waals surface area contributed by atoms with Gasteiger partial charge < -0.3 is 5.21 Å². The SMILES string of the molecule is CC1(C)SC2NNNN2C1=NO. The van der Waals surface area contributed by atoms with Gasteiger partial charge in [-0.05, 0) is 13.8 Å². The number of hydrogen-bond donors (Lipinski definition) is 4. The van der Waals surface area contributed by atoms with Gasteiger partial charge >= 0.3 is 0 Å². The Hall–Kier alpha value is -0.500. The van der Waals surface area contributed by atoms with Gasteiger partial charge in [0.15, 0.2) is 11.3 Å². The fraction of sp³-hybridized carbons (Fsp3) is 0.800. The zero-order valence-electron chi connectivity index (χ0n) is 6.83. The van der Waals surface area contributed by atoms with E-state index in [4.69, 9.17) is 5.21 Å². The number of fused-ring (bicyclic) bond motifs is 1. The first kappa shape index (κ1) is 8.11. The van der Waals surface area contributed by atoms with E-state index in [-0.39, 0.29) is 10.2 Å². The van der Waals surface area contributed by atoms with Gasteiger partial charge in [0, 0.05) is 0 Å². The van der Waals surface area contributed by atoms with Crippen LogP contribution in [0.25, 0.3) is 0 Å². The Morgan fingerprint density at radius 1 is 1.67 bits per heavy atom. The Kier molecular flexibility index (Phi) is 1.69. The number of nitrogens with one attached hydrogen (secondary N) is 3. The van der Waals surface area contributed by atoms with E-state index in [9.17, 15) is 0 Å². The Labute approximate surface area is 74.3 Å². The van der Waals surface area contributed by atoms with Crippen LogP contribution < -0.4 is 16.5 Å². The third kappa shape index (κ3) is 0.977. The first-order valence-electron chi connectivity index (χ1n) is 3.61. The molecule has 68 valence electrons. The molecule has 0 bridgehead atoms. The van der Waals surface area contributed by atoms with Crippen LogP contribution in [-0.4, -0.2) is 26.3 Å². The molecule has 4 N–H and O–H groups in total. The minimum atomic E-state index is -0.165. The van der Waals surface area contributed by atoms with Crippen LogP contribution in [0, 0.1) is 0 Å². The van der Waals surface area contributed by atoms with Crippen LogP contribution >= 0.6 is 11.8 Å². The van der Waals surface area contributed by atoms with Crippen molar-refractivity contribution in [2.45, 2.75) is 24.1 Å². The first-order valence-corrected chi connectivity index (χ1v) is 4.49. The molecule has 0 aromatic carbocycles. The van der Waals surface area contributed by atoms with Crippen molar-refractivity contribution >= 4 is 17.6 Å². The quantitative estimate of drug-likeness (QED) is 0.302. The van der Waals surface area contributed by atoms with Gasteiger partial charge in [-0.25, -0.2) is 10.4 Å². The fourth-order valence-corrected chi connectivity index (χ4v) is 2.49. The monoisotopic (exact) mass is 189 g/mol. The highest BCUT2D eigenvalue weighted by Crippen LogP contribution is 2.39. The number of rotatable bonds is 0. The second kappa shape index (κ2) is 2.49. The summed E-state index contributed by atoms with van der Waals surface area (Å²) in [6.07, 6.45) is 0. The molecule has 0 aromatic rings. The van der Waals surface area contributed by atoms with Crippen LogP contribution in [0.4, 0.5) is 0 Å². The number of hydrogen-bond acceptors (Lipinski definition) is 6. The van der Waals surface area contributed by atoms with Crippen molar-refractivity contribution in [1.29, 1.82) is 0 Å². The maximum Gasteiger partial charge on any atom is 0.177 e. The standard InChI is InChI=1S/C5H11N5OS/c1-5(2)3(7-11)10-4(12-5)6-8-9-10/h4,6,8-9,11H,1-2H3. The van der Waals surface area contributed by atoms with E-state index in [1.807, 2.05) is 13.8 Å². The molecule has 2 heterocycles. The van der Waals surface area contributed by atoms with Crippen molar-refractivity contribution in [3.05, 3.63) is 0 Å². The Bertz CT molecular complexity index is 230. The minimum Gasteiger partial charge on any atom is -0.409 e. The van der Waals surface area contributed by atoms with Crippen LogP contribution in [-0.2, 0) is 0 Å². The normalized spacial score (nSPS) is 36.0. The molecule has 0 aliphatic carbocycles. The van der Waals surface area contributed by atoms with E-state index in [0.29, 0.717) is 5.84 Å². The van der Waals surface area contributed by atoms with Crippen LogP contribution in [0.2, 0.25) is 0 Å². The Balaban J connectivity index is 2.28. The largest absolute Gasteiger partial charge is 0.409 e. The molecule has 1 unspecified atom stereocenters. The van der Waals surface area contributed by atoms with E-state index in [1.165, 1.54) is 0 Å². The van der Waals surface area contributed by atoms with Gasteiger partial charge in [-0.2, -0.15) is 11.1 Å². The van der Waals surface area contributed by atoms with Gasteiger partial charge in [-0.1, -0.05) is 5.16 Å². The van der Waals surface area contributed by atoms with Gasteiger partial charge in [-0.3, -0.25) is 0 Å². The van der Waals surface area contributed by atoms with Crippen molar-refractivity contribution in [3.63, 3.8) is 0 Å². The molecular weight excluding hydrogens is 178 g/mol. The van der Waals surface area contributed by atoms with E-state index in [2.05, 4.69) is 21.7 Å². The molecule has 2 rings (SSSR count). The summed E-state index contributed by atoms with van der Waals surface area (Å²) in [6.45, 7) is 4.02. The lowest BCUT2D eigenvalue weighted by Crippen LogP contribution is -2.45. The molecule has 2 aliphatic heterocycles. The molecule has 0 radical (unpaired) electrons. The summed E-state index contributed by atoms with van der Waals surface area (Å²) in [5.41, 5.74) is 8.64. The van der Waals surface area contributed by atoms with Gasteiger partial charge in [-0.15, -0.1) is 11.8 Å².